The zero-order valence-corrected chi connectivity index (χ0v) is 12.6. The Balaban J connectivity index is 2.63. The van der Waals surface area contributed by atoms with Gasteiger partial charge in [0.25, 0.3) is 5.69 Å². The Morgan fingerprint density at radius 2 is 2.24 bits per heavy atom. The summed E-state index contributed by atoms with van der Waals surface area (Å²) in [6.07, 6.45) is 1.14. The maximum Gasteiger partial charge on any atom is 0.358 e. The van der Waals surface area contributed by atoms with E-state index >= 15 is 0 Å². The van der Waals surface area contributed by atoms with Gasteiger partial charge in [-0.2, -0.15) is 0 Å². The largest absolute Gasteiger partial charge is 0.476 e. The first kappa shape index (κ1) is 15.1. The number of benzene rings is 1. The van der Waals surface area contributed by atoms with Gasteiger partial charge in [0.1, 0.15) is 0 Å². The maximum absolute atomic E-state index is 11.2. The van der Waals surface area contributed by atoms with Crippen molar-refractivity contribution in [2.24, 2.45) is 0 Å². The van der Waals surface area contributed by atoms with Crippen LogP contribution in [0.1, 0.15) is 29.5 Å². The minimum absolute atomic E-state index is 0.108. The molecule has 2 rings (SSSR count). The van der Waals surface area contributed by atoms with Gasteiger partial charge in [-0.1, -0.05) is 18.6 Å². The molecule has 1 N–H and O–H groups in total. The van der Waals surface area contributed by atoms with Crippen LogP contribution in [-0.2, 0) is 6.42 Å². The van der Waals surface area contributed by atoms with Crippen LogP contribution in [0.25, 0.3) is 5.69 Å². The lowest BCUT2D eigenvalue weighted by molar-refractivity contribution is -0.384. The van der Waals surface area contributed by atoms with Crippen LogP contribution in [0, 0.1) is 10.1 Å². The topological polar surface area (TPSA) is 111 Å². The molecule has 0 aliphatic rings. The summed E-state index contributed by atoms with van der Waals surface area (Å²) >= 11 is 3.29. The maximum atomic E-state index is 11.2. The molecule has 0 saturated heterocycles. The fourth-order valence-electron chi connectivity index (χ4n) is 1.90. The Hall–Kier alpha value is -2.29. The SMILES string of the molecule is CCCc1c(C(=O)O)nnn1-c1cc([N+](=O)[O-])ccc1Br. The highest BCUT2D eigenvalue weighted by Crippen LogP contribution is 2.27. The normalized spacial score (nSPS) is 10.6. The minimum atomic E-state index is -1.17. The summed E-state index contributed by atoms with van der Waals surface area (Å²) in [5.74, 6) is -1.17. The van der Waals surface area contributed by atoms with Crippen LogP contribution < -0.4 is 0 Å². The van der Waals surface area contributed by atoms with Gasteiger partial charge in [0.15, 0.2) is 5.69 Å². The quantitative estimate of drug-likeness (QED) is 0.652. The van der Waals surface area contributed by atoms with Crippen molar-refractivity contribution in [1.82, 2.24) is 15.0 Å². The number of carbonyl (C=O) groups is 1. The van der Waals surface area contributed by atoms with Gasteiger partial charge in [-0.05, 0) is 28.4 Å². The van der Waals surface area contributed by atoms with Gasteiger partial charge < -0.3 is 5.11 Å². The van der Waals surface area contributed by atoms with Crippen molar-refractivity contribution in [2.75, 3.05) is 0 Å². The molecule has 0 unspecified atom stereocenters. The molecule has 0 spiro atoms. The number of nitro benzene ring substituents is 1. The van der Waals surface area contributed by atoms with Crippen molar-refractivity contribution in [3.8, 4) is 5.69 Å². The number of hydrogen-bond acceptors (Lipinski definition) is 5. The predicted molar refractivity (Wildman–Crippen MR) is 76.7 cm³/mol. The first-order valence-corrected chi connectivity index (χ1v) is 6.87. The van der Waals surface area contributed by atoms with Crippen molar-refractivity contribution in [3.05, 3.63) is 44.2 Å². The number of carboxylic acid groups (broad SMARTS) is 1. The van der Waals surface area contributed by atoms with Crippen molar-refractivity contribution in [2.45, 2.75) is 19.8 Å². The average Bonchev–Trinajstić information content (AvgIpc) is 2.83. The van der Waals surface area contributed by atoms with E-state index in [2.05, 4.69) is 26.2 Å². The van der Waals surface area contributed by atoms with Crippen LogP contribution in [0.15, 0.2) is 22.7 Å². The van der Waals surface area contributed by atoms with Crippen LogP contribution in [-0.4, -0.2) is 31.0 Å². The Bertz CT molecular complexity index is 713. The molecule has 0 bridgehead atoms. The van der Waals surface area contributed by atoms with Gasteiger partial charge in [0.05, 0.1) is 16.3 Å². The lowest BCUT2D eigenvalue weighted by Gasteiger charge is -2.08. The number of aromatic carboxylic acids is 1. The van der Waals surface area contributed by atoms with Gasteiger partial charge in [-0.15, -0.1) is 5.10 Å². The zero-order valence-electron chi connectivity index (χ0n) is 11.0. The number of aromatic nitrogens is 3. The van der Waals surface area contributed by atoms with Crippen molar-refractivity contribution in [1.29, 1.82) is 0 Å². The van der Waals surface area contributed by atoms with E-state index in [-0.39, 0.29) is 11.4 Å². The second-order valence-corrected chi connectivity index (χ2v) is 5.10. The lowest BCUT2D eigenvalue weighted by Crippen LogP contribution is -2.07. The third kappa shape index (κ3) is 2.92. The Labute approximate surface area is 127 Å². The Kier molecular flexibility index (Phi) is 4.32. The molecule has 0 fully saturated rings. The summed E-state index contributed by atoms with van der Waals surface area (Å²) in [5, 5.41) is 27.5. The first-order valence-electron chi connectivity index (χ1n) is 6.07. The standard InChI is InChI=1S/C12H11BrN4O4/c1-2-3-9-11(12(18)19)14-15-16(9)10-6-7(17(20)21)4-5-8(10)13/h4-6H,2-3H2,1H3,(H,18,19). The number of rotatable bonds is 5. The highest BCUT2D eigenvalue weighted by Gasteiger charge is 2.21. The van der Waals surface area contributed by atoms with E-state index in [4.69, 9.17) is 5.11 Å². The lowest BCUT2D eigenvalue weighted by atomic mass is 10.2. The molecule has 0 radical (unpaired) electrons. The zero-order chi connectivity index (χ0) is 15.6. The third-order valence-corrected chi connectivity index (χ3v) is 3.49. The number of nitrogens with zero attached hydrogens (tertiary/aromatic N) is 4. The average molecular weight is 355 g/mol. The number of carboxylic acids is 1. The smallest absolute Gasteiger partial charge is 0.358 e. The molecule has 9 heteroatoms. The van der Waals surface area contributed by atoms with Crippen LogP contribution in [0.4, 0.5) is 5.69 Å². The number of non-ortho nitro benzene ring substituents is 1. The molecule has 0 atom stereocenters. The molecule has 21 heavy (non-hydrogen) atoms. The molecule has 0 amide bonds. The molecule has 0 aliphatic heterocycles. The monoisotopic (exact) mass is 354 g/mol. The molecule has 110 valence electrons. The molecular weight excluding hydrogens is 344 g/mol. The summed E-state index contributed by atoms with van der Waals surface area (Å²) < 4.78 is 1.89. The summed E-state index contributed by atoms with van der Waals surface area (Å²) in [6.45, 7) is 1.89. The van der Waals surface area contributed by atoms with Crippen molar-refractivity contribution in [3.63, 3.8) is 0 Å². The van der Waals surface area contributed by atoms with Crippen molar-refractivity contribution < 1.29 is 14.8 Å². The number of nitro groups is 1. The molecule has 0 saturated carbocycles. The highest BCUT2D eigenvalue weighted by molar-refractivity contribution is 9.10. The molecule has 1 aromatic carbocycles. The summed E-state index contributed by atoms with van der Waals surface area (Å²) in [4.78, 5) is 21.5. The fourth-order valence-corrected chi connectivity index (χ4v) is 2.31. The number of hydrogen-bond donors (Lipinski definition) is 1. The van der Waals surface area contributed by atoms with E-state index in [0.717, 1.165) is 0 Å². The Morgan fingerprint density at radius 1 is 1.52 bits per heavy atom. The summed E-state index contributed by atoms with van der Waals surface area (Å²) in [6, 6.07) is 4.19. The van der Waals surface area contributed by atoms with E-state index in [1.54, 1.807) is 0 Å². The fraction of sp³-hybridized carbons (Fsp3) is 0.250. The number of halogens is 1. The molecule has 1 aromatic heterocycles. The van der Waals surface area contributed by atoms with E-state index in [0.29, 0.717) is 28.7 Å². The second-order valence-electron chi connectivity index (χ2n) is 4.24. The van der Waals surface area contributed by atoms with Gasteiger partial charge in [-0.3, -0.25) is 10.1 Å². The molecule has 1 heterocycles. The van der Waals surface area contributed by atoms with Crippen molar-refractivity contribution >= 4 is 27.6 Å². The van der Waals surface area contributed by atoms with Gasteiger partial charge in [0.2, 0.25) is 0 Å². The van der Waals surface area contributed by atoms with E-state index in [9.17, 15) is 14.9 Å². The third-order valence-electron chi connectivity index (χ3n) is 2.82. The summed E-state index contributed by atoms with van der Waals surface area (Å²) in [7, 11) is 0. The van der Waals surface area contributed by atoms with E-state index < -0.39 is 10.9 Å². The van der Waals surface area contributed by atoms with Crippen LogP contribution >= 0.6 is 15.9 Å². The molecule has 0 aliphatic carbocycles. The van der Waals surface area contributed by atoms with E-state index in [1.807, 2.05) is 6.92 Å². The van der Waals surface area contributed by atoms with Gasteiger partial charge in [-0.25, -0.2) is 9.48 Å². The van der Waals surface area contributed by atoms with Crippen LogP contribution in [0.3, 0.4) is 0 Å². The minimum Gasteiger partial charge on any atom is -0.476 e. The summed E-state index contributed by atoms with van der Waals surface area (Å²) in [5.41, 5.74) is 0.539. The van der Waals surface area contributed by atoms with Crippen LogP contribution in [0.2, 0.25) is 0 Å². The Morgan fingerprint density at radius 3 is 2.81 bits per heavy atom. The first-order chi connectivity index (χ1) is 9.95. The highest BCUT2D eigenvalue weighted by atomic mass is 79.9. The second kappa shape index (κ2) is 6.00. The van der Waals surface area contributed by atoms with Gasteiger partial charge >= 0.3 is 5.97 Å². The van der Waals surface area contributed by atoms with Gasteiger partial charge in [0, 0.05) is 16.6 Å². The molecule has 8 nitrogen and oxygen atoms in total. The molecular formula is C12H11BrN4O4. The van der Waals surface area contributed by atoms with E-state index in [1.165, 1.54) is 22.9 Å². The molecule has 2 aromatic rings. The predicted octanol–water partition coefficient (Wildman–Crippen LogP) is 2.59. The van der Waals surface area contributed by atoms with Crippen LogP contribution in [0.5, 0.6) is 0 Å².